The van der Waals surface area contributed by atoms with E-state index in [0.717, 1.165) is 5.56 Å². The SMILES string of the molecule is Cc1ccc(NC(=O)Cc2nc(C)c(C(=O)NCc3ccccc3)s2)cc1F. The summed E-state index contributed by atoms with van der Waals surface area (Å²) in [5, 5.41) is 6.05. The first-order chi connectivity index (χ1) is 13.4. The Morgan fingerprint density at radius 2 is 1.86 bits per heavy atom. The highest BCUT2D eigenvalue weighted by Gasteiger charge is 2.17. The predicted molar refractivity (Wildman–Crippen MR) is 108 cm³/mol. The van der Waals surface area contributed by atoms with Crippen LogP contribution in [0.3, 0.4) is 0 Å². The Bertz CT molecular complexity index is 1000. The summed E-state index contributed by atoms with van der Waals surface area (Å²) in [5.41, 5.74) is 2.49. The van der Waals surface area contributed by atoms with Crippen molar-refractivity contribution in [3.05, 3.63) is 81.1 Å². The molecule has 3 aromatic rings. The molecule has 1 aromatic heterocycles. The quantitative estimate of drug-likeness (QED) is 0.660. The van der Waals surface area contributed by atoms with E-state index in [1.165, 1.54) is 17.4 Å². The summed E-state index contributed by atoms with van der Waals surface area (Å²) in [6, 6.07) is 14.1. The number of aryl methyl sites for hydroxylation is 2. The summed E-state index contributed by atoms with van der Waals surface area (Å²) in [4.78, 5) is 29.4. The van der Waals surface area contributed by atoms with Crippen molar-refractivity contribution in [1.82, 2.24) is 10.3 Å². The van der Waals surface area contributed by atoms with Crippen molar-refractivity contribution in [3.63, 3.8) is 0 Å². The van der Waals surface area contributed by atoms with E-state index in [0.29, 0.717) is 33.4 Å². The highest BCUT2D eigenvalue weighted by Crippen LogP contribution is 2.20. The van der Waals surface area contributed by atoms with Crippen LogP contribution in [-0.2, 0) is 17.8 Å². The van der Waals surface area contributed by atoms with E-state index in [2.05, 4.69) is 15.6 Å². The molecule has 3 rings (SSSR count). The first kappa shape index (κ1) is 19.7. The van der Waals surface area contributed by atoms with Gasteiger partial charge in [0.15, 0.2) is 0 Å². The summed E-state index contributed by atoms with van der Waals surface area (Å²) in [7, 11) is 0. The maximum atomic E-state index is 13.6. The van der Waals surface area contributed by atoms with E-state index in [-0.39, 0.29) is 24.1 Å². The van der Waals surface area contributed by atoms with Gasteiger partial charge in [-0.05, 0) is 37.1 Å². The van der Waals surface area contributed by atoms with Gasteiger partial charge in [-0.15, -0.1) is 11.3 Å². The molecular formula is C21H20FN3O2S. The van der Waals surface area contributed by atoms with E-state index < -0.39 is 0 Å². The lowest BCUT2D eigenvalue weighted by Gasteiger charge is -2.05. The number of nitrogens with zero attached hydrogens (tertiary/aromatic N) is 1. The predicted octanol–water partition coefficient (Wildman–Crippen LogP) is 4.01. The van der Waals surface area contributed by atoms with Gasteiger partial charge in [-0.2, -0.15) is 0 Å². The van der Waals surface area contributed by atoms with Crippen LogP contribution in [0.5, 0.6) is 0 Å². The second-order valence-electron chi connectivity index (χ2n) is 6.38. The maximum absolute atomic E-state index is 13.6. The van der Waals surface area contributed by atoms with Gasteiger partial charge in [0.05, 0.1) is 12.1 Å². The molecule has 1 heterocycles. The molecule has 2 aromatic carbocycles. The normalized spacial score (nSPS) is 10.5. The Kier molecular flexibility index (Phi) is 6.16. The summed E-state index contributed by atoms with van der Waals surface area (Å²) in [6.45, 7) is 3.82. The van der Waals surface area contributed by atoms with Crippen LogP contribution in [-0.4, -0.2) is 16.8 Å². The fourth-order valence-electron chi connectivity index (χ4n) is 2.61. The van der Waals surface area contributed by atoms with Gasteiger partial charge in [-0.1, -0.05) is 36.4 Å². The molecule has 0 atom stereocenters. The highest BCUT2D eigenvalue weighted by atomic mass is 32.1. The Labute approximate surface area is 166 Å². The molecule has 0 aliphatic rings. The molecule has 0 aliphatic heterocycles. The van der Waals surface area contributed by atoms with E-state index in [1.807, 2.05) is 30.3 Å². The van der Waals surface area contributed by atoms with Crippen molar-refractivity contribution in [2.75, 3.05) is 5.32 Å². The van der Waals surface area contributed by atoms with Gasteiger partial charge in [0.1, 0.15) is 15.7 Å². The molecule has 0 spiro atoms. The molecule has 0 fully saturated rings. The number of amides is 2. The molecule has 0 unspecified atom stereocenters. The second kappa shape index (κ2) is 8.75. The topological polar surface area (TPSA) is 71.1 Å². The third-order valence-corrected chi connectivity index (χ3v) is 5.27. The number of hydrogen-bond donors (Lipinski definition) is 2. The van der Waals surface area contributed by atoms with E-state index in [9.17, 15) is 14.0 Å². The number of rotatable bonds is 6. The van der Waals surface area contributed by atoms with Crippen molar-refractivity contribution in [2.24, 2.45) is 0 Å². The maximum Gasteiger partial charge on any atom is 0.263 e. The van der Waals surface area contributed by atoms with Gasteiger partial charge in [-0.25, -0.2) is 9.37 Å². The van der Waals surface area contributed by atoms with Crippen molar-refractivity contribution in [1.29, 1.82) is 0 Å². The average molecular weight is 397 g/mol. The lowest BCUT2D eigenvalue weighted by molar-refractivity contribution is -0.115. The lowest BCUT2D eigenvalue weighted by atomic mass is 10.2. The molecule has 7 heteroatoms. The summed E-state index contributed by atoms with van der Waals surface area (Å²) in [6.07, 6.45) is 0.0208. The van der Waals surface area contributed by atoms with Crippen molar-refractivity contribution in [3.8, 4) is 0 Å². The Morgan fingerprint density at radius 1 is 1.11 bits per heavy atom. The van der Waals surface area contributed by atoms with E-state index in [4.69, 9.17) is 0 Å². The molecule has 0 saturated carbocycles. The largest absolute Gasteiger partial charge is 0.347 e. The number of anilines is 1. The fraction of sp³-hybridized carbons (Fsp3) is 0.190. The summed E-state index contributed by atoms with van der Waals surface area (Å²) < 4.78 is 13.6. The zero-order valence-electron chi connectivity index (χ0n) is 15.6. The van der Waals surface area contributed by atoms with Crippen LogP contribution in [0.15, 0.2) is 48.5 Å². The highest BCUT2D eigenvalue weighted by molar-refractivity contribution is 7.13. The Morgan fingerprint density at radius 3 is 2.57 bits per heavy atom. The third kappa shape index (κ3) is 5.01. The molecule has 0 saturated heterocycles. The number of halogens is 1. The standard InChI is InChI=1S/C21H20FN3O2S/c1-13-8-9-16(10-17(13)22)25-18(26)11-19-24-14(2)20(28-19)21(27)23-12-15-6-4-3-5-7-15/h3-10H,11-12H2,1-2H3,(H,23,27)(H,25,26). The Balaban J connectivity index is 1.60. The van der Waals surface area contributed by atoms with Gasteiger partial charge in [0.25, 0.3) is 5.91 Å². The van der Waals surface area contributed by atoms with Crippen LogP contribution < -0.4 is 10.6 Å². The minimum Gasteiger partial charge on any atom is -0.347 e. The van der Waals surface area contributed by atoms with Gasteiger partial charge in [-0.3, -0.25) is 9.59 Å². The van der Waals surface area contributed by atoms with Gasteiger partial charge < -0.3 is 10.6 Å². The number of nitrogens with one attached hydrogen (secondary N) is 2. The molecule has 0 radical (unpaired) electrons. The van der Waals surface area contributed by atoms with Crippen LogP contribution in [0.25, 0.3) is 0 Å². The number of benzene rings is 2. The molecule has 2 N–H and O–H groups in total. The molecule has 28 heavy (non-hydrogen) atoms. The summed E-state index contributed by atoms with van der Waals surface area (Å²) in [5.74, 6) is -0.903. The average Bonchev–Trinajstić information content (AvgIpc) is 3.03. The van der Waals surface area contributed by atoms with Crippen LogP contribution in [0, 0.1) is 19.7 Å². The van der Waals surface area contributed by atoms with Crippen LogP contribution in [0.2, 0.25) is 0 Å². The Hall–Kier alpha value is -3.06. The van der Waals surface area contributed by atoms with Crippen LogP contribution in [0.1, 0.15) is 31.5 Å². The number of thiazole rings is 1. The molecule has 0 aliphatic carbocycles. The molecule has 144 valence electrons. The molecule has 5 nitrogen and oxygen atoms in total. The summed E-state index contributed by atoms with van der Waals surface area (Å²) >= 11 is 1.19. The minimum atomic E-state index is -0.375. The zero-order valence-corrected chi connectivity index (χ0v) is 16.4. The first-order valence-electron chi connectivity index (χ1n) is 8.77. The van der Waals surface area contributed by atoms with Crippen molar-refractivity contribution < 1.29 is 14.0 Å². The number of carbonyl (C=O) groups is 2. The van der Waals surface area contributed by atoms with Crippen molar-refractivity contribution in [2.45, 2.75) is 26.8 Å². The van der Waals surface area contributed by atoms with E-state index >= 15 is 0 Å². The minimum absolute atomic E-state index is 0.0208. The van der Waals surface area contributed by atoms with Gasteiger partial charge >= 0.3 is 0 Å². The number of carbonyl (C=O) groups excluding carboxylic acids is 2. The lowest BCUT2D eigenvalue weighted by Crippen LogP contribution is -2.22. The molecule has 0 bridgehead atoms. The van der Waals surface area contributed by atoms with Crippen LogP contribution >= 0.6 is 11.3 Å². The van der Waals surface area contributed by atoms with E-state index in [1.54, 1.807) is 26.0 Å². The second-order valence-corrected chi connectivity index (χ2v) is 7.46. The van der Waals surface area contributed by atoms with Crippen molar-refractivity contribution >= 4 is 28.8 Å². The monoisotopic (exact) mass is 397 g/mol. The number of hydrogen-bond acceptors (Lipinski definition) is 4. The fourth-order valence-corrected chi connectivity index (χ4v) is 3.59. The van der Waals surface area contributed by atoms with Gasteiger partial charge in [0, 0.05) is 12.2 Å². The molecule has 2 amide bonds. The smallest absolute Gasteiger partial charge is 0.263 e. The third-order valence-electron chi connectivity index (χ3n) is 4.11. The number of aromatic nitrogens is 1. The van der Waals surface area contributed by atoms with Crippen LogP contribution in [0.4, 0.5) is 10.1 Å². The first-order valence-corrected chi connectivity index (χ1v) is 9.58. The molecular weight excluding hydrogens is 377 g/mol. The zero-order chi connectivity index (χ0) is 20.1. The van der Waals surface area contributed by atoms with Gasteiger partial charge in [0.2, 0.25) is 5.91 Å².